The summed E-state index contributed by atoms with van der Waals surface area (Å²) in [5, 5.41) is 9.22. The van der Waals surface area contributed by atoms with Crippen LogP contribution in [0.25, 0.3) is 0 Å². The fourth-order valence-electron chi connectivity index (χ4n) is 1.73. The molecule has 0 atom stereocenters. The van der Waals surface area contributed by atoms with Crippen molar-refractivity contribution in [2.75, 3.05) is 24.5 Å². The summed E-state index contributed by atoms with van der Waals surface area (Å²) in [4.78, 5) is 26.6. The van der Waals surface area contributed by atoms with Crippen LogP contribution in [-0.2, 0) is 0 Å². The largest absolute Gasteiger partial charge is 0.345 e. The average Bonchev–Trinajstić information content (AvgIpc) is 2.14. The molecule has 1 saturated heterocycles. The predicted molar refractivity (Wildman–Crippen MR) is 59.8 cm³/mol. The van der Waals surface area contributed by atoms with Gasteiger partial charge < -0.3 is 10.2 Å². The highest BCUT2D eigenvalue weighted by Gasteiger charge is 2.26. The Morgan fingerprint density at radius 2 is 2.19 bits per heavy atom. The van der Waals surface area contributed by atoms with E-state index in [4.69, 9.17) is 0 Å². The van der Waals surface area contributed by atoms with E-state index in [-0.39, 0.29) is 0 Å². The quantitative estimate of drug-likeness (QED) is 0.589. The summed E-state index contributed by atoms with van der Waals surface area (Å²) in [6.45, 7) is 4.49. The van der Waals surface area contributed by atoms with E-state index in [9.17, 15) is 9.59 Å². The van der Waals surface area contributed by atoms with Crippen LogP contribution in [0.2, 0.25) is 0 Å². The maximum atomic E-state index is 11.6. The second kappa shape index (κ2) is 4.48. The molecule has 0 radical (unpaired) electrons. The zero-order valence-corrected chi connectivity index (χ0v) is 9.12. The number of hydrogen-bond acceptors (Lipinski definition) is 5. The molecule has 0 bridgehead atoms. The number of rotatable bonds is 4. The summed E-state index contributed by atoms with van der Waals surface area (Å²) in [5.41, 5.74) is -0.999. The zero-order chi connectivity index (χ0) is 11.5. The van der Waals surface area contributed by atoms with Gasteiger partial charge in [-0.05, 0) is 6.42 Å². The van der Waals surface area contributed by atoms with Gasteiger partial charge in [0.05, 0.1) is 6.04 Å². The van der Waals surface area contributed by atoms with E-state index in [0.29, 0.717) is 11.9 Å². The molecular weight excluding hydrogens is 210 g/mol. The first kappa shape index (κ1) is 10.9. The number of hydrogen-bond donors (Lipinski definition) is 3. The molecule has 7 nitrogen and oxygen atoms in total. The topological polar surface area (TPSA) is 93.9 Å². The van der Waals surface area contributed by atoms with Crippen molar-refractivity contribution in [3.8, 4) is 0 Å². The maximum absolute atomic E-state index is 11.6. The minimum atomic E-state index is -0.572. The number of nitrogens with zero attached hydrogens (tertiary/aromatic N) is 2. The second-order valence-corrected chi connectivity index (χ2v) is 3.84. The fraction of sp³-hybridized carbons (Fsp3) is 0.667. The predicted octanol–water partition coefficient (Wildman–Crippen LogP) is -1.35. The van der Waals surface area contributed by atoms with Gasteiger partial charge in [-0.15, -0.1) is 5.10 Å². The molecule has 1 aromatic rings. The Labute approximate surface area is 91.9 Å². The van der Waals surface area contributed by atoms with Crippen molar-refractivity contribution < 1.29 is 0 Å². The molecule has 1 fully saturated rings. The van der Waals surface area contributed by atoms with Crippen molar-refractivity contribution >= 4 is 5.82 Å². The van der Waals surface area contributed by atoms with Gasteiger partial charge in [0.25, 0.3) is 5.56 Å². The SMILES string of the molecule is CCCN(c1n[nH]c(=O)[nH]c1=O)C1CNC1. The summed E-state index contributed by atoms with van der Waals surface area (Å²) < 4.78 is 0. The molecule has 0 aromatic carbocycles. The fourth-order valence-corrected chi connectivity index (χ4v) is 1.73. The molecule has 88 valence electrons. The van der Waals surface area contributed by atoms with Crippen LogP contribution >= 0.6 is 0 Å². The van der Waals surface area contributed by atoms with Crippen LogP contribution in [0.4, 0.5) is 5.82 Å². The Kier molecular flexibility index (Phi) is 3.04. The Morgan fingerprint density at radius 1 is 1.44 bits per heavy atom. The molecule has 3 N–H and O–H groups in total. The average molecular weight is 225 g/mol. The third-order valence-corrected chi connectivity index (χ3v) is 2.63. The van der Waals surface area contributed by atoms with Gasteiger partial charge in [-0.1, -0.05) is 6.92 Å². The molecule has 7 heteroatoms. The Hall–Kier alpha value is -1.63. The summed E-state index contributed by atoms with van der Waals surface area (Å²) >= 11 is 0. The van der Waals surface area contributed by atoms with Gasteiger partial charge in [0.1, 0.15) is 0 Å². The van der Waals surface area contributed by atoms with Crippen molar-refractivity contribution in [3.63, 3.8) is 0 Å². The molecule has 0 amide bonds. The van der Waals surface area contributed by atoms with E-state index in [1.165, 1.54) is 0 Å². The van der Waals surface area contributed by atoms with Crippen LogP contribution in [0.15, 0.2) is 9.59 Å². The highest BCUT2D eigenvalue weighted by molar-refractivity contribution is 5.37. The van der Waals surface area contributed by atoms with Crippen LogP contribution in [0, 0.1) is 0 Å². The lowest BCUT2D eigenvalue weighted by molar-refractivity contribution is 0.408. The monoisotopic (exact) mass is 225 g/mol. The van der Waals surface area contributed by atoms with Gasteiger partial charge in [0, 0.05) is 19.6 Å². The van der Waals surface area contributed by atoms with Crippen molar-refractivity contribution in [1.29, 1.82) is 0 Å². The van der Waals surface area contributed by atoms with Crippen LogP contribution in [0.5, 0.6) is 0 Å². The molecular formula is C9H15N5O2. The molecule has 1 aromatic heterocycles. The van der Waals surface area contributed by atoms with Gasteiger partial charge in [-0.25, -0.2) is 9.89 Å². The van der Waals surface area contributed by atoms with E-state index in [0.717, 1.165) is 26.1 Å². The van der Waals surface area contributed by atoms with Gasteiger partial charge in [-0.2, -0.15) is 0 Å². The zero-order valence-electron chi connectivity index (χ0n) is 9.12. The molecule has 2 heterocycles. The minimum Gasteiger partial charge on any atom is -0.345 e. The van der Waals surface area contributed by atoms with Gasteiger partial charge in [0.15, 0.2) is 0 Å². The lowest BCUT2D eigenvalue weighted by Gasteiger charge is -2.38. The smallest absolute Gasteiger partial charge is 0.342 e. The minimum absolute atomic E-state index is 0.291. The van der Waals surface area contributed by atoms with Crippen LogP contribution in [0.1, 0.15) is 13.3 Å². The molecule has 2 rings (SSSR count). The summed E-state index contributed by atoms with van der Waals surface area (Å²) in [5.74, 6) is 0.299. The first-order valence-corrected chi connectivity index (χ1v) is 5.38. The maximum Gasteiger partial charge on any atom is 0.342 e. The standard InChI is InChI=1S/C9H15N5O2/c1-2-3-14(6-4-10-5-6)7-8(15)11-9(16)13-12-7/h6,10H,2-5H2,1H3,(H2,11,13,15,16). The number of aromatic amines is 2. The Morgan fingerprint density at radius 3 is 2.69 bits per heavy atom. The van der Waals surface area contributed by atoms with E-state index in [2.05, 4.69) is 20.5 Å². The van der Waals surface area contributed by atoms with E-state index in [1.807, 2.05) is 11.8 Å². The molecule has 0 unspecified atom stereocenters. The first-order valence-electron chi connectivity index (χ1n) is 5.38. The first-order chi connectivity index (χ1) is 7.72. The molecule has 1 aliphatic heterocycles. The Bertz CT molecular complexity index is 461. The van der Waals surface area contributed by atoms with Gasteiger partial charge in [0.2, 0.25) is 5.82 Å². The number of H-pyrrole nitrogens is 2. The highest BCUT2D eigenvalue weighted by atomic mass is 16.2. The third kappa shape index (κ3) is 1.99. The van der Waals surface area contributed by atoms with E-state index < -0.39 is 11.2 Å². The van der Waals surface area contributed by atoms with Crippen molar-refractivity contribution in [1.82, 2.24) is 20.5 Å². The molecule has 0 saturated carbocycles. The number of aromatic nitrogens is 3. The van der Waals surface area contributed by atoms with Crippen LogP contribution in [0.3, 0.4) is 0 Å². The summed E-state index contributed by atoms with van der Waals surface area (Å²) in [6.07, 6.45) is 0.927. The summed E-state index contributed by atoms with van der Waals surface area (Å²) in [7, 11) is 0. The van der Waals surface area contributed by atoms with Crippen LogP contribution in [-0.4, -0.2) is 40.9 Å². The number of nitrogens with one attached hydrogen (secondary N) is 3. The third-order valence-electron chi connectivity index (χ3n) is 2.63. The number of anilines is 1. The van der Waals surface area contributed by atoms with Crippen molar-refractivity contribution in [3.05, 3.63) is 20.8 Å². The lowest BCUT2D eigenvalue weighted by atomic mass is 10.1. The Balaban J connectivity index is 2.30. The lowest BCUT2D eigenvalue weighted by Crippen LogP contribution is -2.59. The van der Waals surface area contributed by atoms with E-state index in [1.54, 1.807) is 0 Å². The van der Waals surface area contributed by atoms with Crippen molar-refractivity contribution in [2.45, 2.75) is 19.4 Å². The molecule has 0 spiro atoms. The van der Waals surface area contributed by atoms with E-state index >= 15 is 0 Å². The highest BCUT2D eigenvalue weighted by Crippen LogP contribution is 2.11. The summed E-state index contributed by atoms with van der Waals surface area (Å²) in [6, 6.07) is 0.291. The molecule has 16 heavy (non-hydrogen) atoms. The van der Waals surface area contributed by atoms with Crippen molar-refractivity contribution in [2.24, 2.45) is 0 Å². The normalized spacial score (nSPS) is 15.8. The van der Waals surface area contributed by atoms with Gasteiger partial charge >= 0.3 is 5.69 Å². The molecule has 1 aliphatic rings. The molecule has 0 aliphatic carbocycles. The van der Waals surface area contributed by atoms with Gasteiger partial charge in [-0.3, -0.25) is 9.78 Å². The van der Waals surface area contributed by atoms with Crippen LogP contribution < -0.4 is 21.5 Å². The second-order valence-electron chi connectivity index (χ2n) is 3.84.